The molecule has 2 aliphatic heterocycles. The highest BCUT2D eigenvalue weighted by atomic mass is 15.2. The lowest BCUT2D eigenvalue weighted by molar-refractivity contribution is 0.590. The molecule has 0 aromatic heterocycles. The van der Waals surface area contributed by atoms with Gasteiger partial charge in [-0.25, -0.2) is 0 Å². The number of nitrogens with zero attached hydrogens (tertiary/aromatic N) is 2. The first kappa shape index (κ1) is 48.2. The number of hydrogen-bond donors (Lipinski definition) is 0. The normalized spacial score (nSPS) is 12.6. The number of anilines is 6. The second-order valence-corrected chi connectivity index (χ2v) is 22.7. The molecule has 15 rings (SSSR count). The lowest BCUT2D eigenvalue weighted by atomic mass is 9.33. The van der Waals surface area contributed by atoms with Crippen LogP contribution >= 0.6 is 0 Å². The molecule has 2 nitrogen and oxygen atoms in total. The summed E-state index contributed by atoms with van der Waals surface area (Å²) in [5, 5.41) is 4.97. The van der Waals surface area contributed by atoms with Crippen molar-refractivity contribution in [3.8, 4) is 66.8 Å². The molecule has 382 valence electrons. The van der Waals surface area contributed by atoms with E-state index in [9.17, 15) is 0 Å². The number of rotatable bonds is 8. The zero-order chi connectivity index (χ0) is 54.2. The van der Waals surface area contributed by atoms with Gasteiger partial charge in [-0.1, -0.05) is 269 Å². The minimum Gasteiger partial charge on any atom is -0.311 e. The molecule has 2 heterocycles. The Bertz CT molecular complexity index is 4550. The van der Waals surface area contributed by atoms with Gasteiger partial charge in [0, 0.05) is 33.9 Å². The Labute approximate surface area is 475 Å². The number of benzene rings is 13. The Morgan fingerprint density at radius 1 is 0.259 bits per heavy atom. The highest BCUT2D eigenvalue weighted by molar-refractivity contribution is 7.00. The van der Waals surface area contributed by atoms with Gasteiger partial charge in [0.1, 0.15) is 0 Å². The molecular formula is C78H57BN2. The van der Waals surface area contributed by atoms with E-state index in [2.05, 4.69) is 322 Å². The fraction of sp³-hybridized carbons (Fsp3) is 0.0513. The number of fused-ring (bicyclic) bond motifs is 6. The van der Waals surface area contributed by atoms with Crippen molar-refractivity contribution in [1.29, 1.82) is 0 Å². The summed E-state index contributed by atoms with van der Waals surface area (Å²) in [7, 11) is 0. The lowest BCUT2D eigenvalue weighted by Gasteiger charge is -2.46. The second-order valence-electron chi connectivity index (χ2n) is 22.7. The molecule has 81 heavy (non-hydrogen) atoms. The fourth-order valence-electron chi connectivity index (χ4n) is 13.2. The molecular weight excluding hydrogens is 976 g/mol. The summed E-state index contributed by atoms with van der Waals surface area (Å²) >= 11 is 0. The van der Waals surface area contributed by atoms with Gasteiger partial charge in [0.15, 0.2) is 0 Å². The van der Waals surface area contributed by atoms with Crippen molar-refractivity contribution in [3.05, 3.63) is 297 Å². The molecule has 0 spiro atoms. The molecule has 13 aromatic carbocycles. The Morgan fingerprint density at radius 3 is 1.09 bits per heavy atom. The Hall–Kier alpha value is -9.96. The smallest absolute Gasteiger partial charge is 0.252 e. The zero-order valence-electron chi connectivity index (χ0n) is 45.7. The number of hydrogen-bond acceptors (Lipinski definition) is 2. The standard InChI is InChI=1S/C78H57BN2/c1-78(2,3)60-50-73-77-74(51-60)81(70-40-24-22-36-62(70)54-29-13-6-14-30-54)72-49-59(57-41-44-65-66(47-57)76(56-33-17-8-18-34-56)64-38-20-19-37-63(64)75(65)55-31-15-7-16-32-55)43-46-68(72)79(77)67-45-42-58(52-25-9-4-10-26-52)48-71(67)80(73)69-39-23-21-35-61(69)53-27-11-5-12-28-53/h4-51H,1-3H3. The van der Waals surface area contributed by atoms with E-state index >= 15 is 0 Å². The molecule has 0 fully saturated rings. The first-order valence-electron chi connectivity index (χ1n) is 28.4. The molecule has 13 aromatic rings. The van der Waals surface area contributed by atoms with Crippen LogP contribution in [0.25, 0.3) is 88.3 Å². The van der Waals surface area contributed by atoms with Crippen LogP contribution in [0.15, 0.2) is 291 Å². The van der Waals surface area contributed by atoms with Crippen LogP contribution in [0, 0.1) is 0 Å². The predicted octanol–water partition coefficient (Wildman–Crippen LogP) is 19.4. The summed E-state index contributed by atoms with van der Waals surface area (Å²) in [5.41, 5.74) is 26.3. The van der Waals surface area contributed by atoms with Crippen molar-refractivity contribution in [2.45, 2.75) is 26.2 Å². The summed E-state index contributed by atoms with van der Waals surface area (Å²) in [6.45, 7) is 6.99. The highest BCUT2D eigenvalue weighted by Gasteiger charge is 2.45. The highest BCUT2D eigenvalue weighted by Crippen LogP contribution is 2.51. The molecule has 0 amide bonds. The van der Waals surface area contributed by atoms with Gasteiger partial charge >= 0.3 is 0 Å². The van der Waals surface area contributed by atoms with Gasteiger partial charge in [0.2, 0.25) is 0 Å². The monoisotopic (exact) mass is 1030 g/mol. The third-order valence-electron chi connectivity index (χ3n) is 17.0. The van der Waals surface area contributed by atoms with Crippen molar-refractivity contribution >= 4 is 78.8 Å². The minimum atomic E-state index is -0.200. The van der Waals surface area contributed by atoms with Gasteiger partial charge in [0.05, 0.1) is 11.4 Å². The quantitative estimate of drug-likeness (QED) is 0.111. The molecule has 0 N–H and O–H groups in total. The molecule has 0 radical (unpaired) electrons. The maximum absolute atomic E-state index is 2.62. The molecule has 0 atom stereocenters. The van der Waals surface area contributed by atoms with Crippen LogP contribution in [0.3, 0.4) is 0 Å². The van der Waals surface area contributed by atoms with E-state index in [4.69, 9.17) is 0 Å². The van der Waals surface area contributed by atoms with E-state index in [1.54, 1.807) is 0 Å². The molecule has 2 aliphatic rings. The van der Waals surface area contributed by atoms with Crippen molar-refractivity contribution < 1.29 is 0 Å². The summed E-state index contributed by atoms with van der Waals surface area (Å²) < 4.78 is 0. The largest absolute Gasteiger partial charge is 0.311 e. The third kappa shape index (κ3) is 8.10. The van der Waals surface area contributed by atoms with Gasteiger partial charge in [-0.05, 0) is 147 Å². The van der Waals surface area contributed by atoms with Crippen molar-refractivity contribution in [1.82, 2.24) is 0 Å². The fourth-order valence-corrected chi connectivity index (χ4v) is 13.2. The summed E-state index contributed by atoms with van der Waals surface area (Å²) in [6, 6.07) is 108. The SMILES string of the molecule is CC(C)(C)c1cc2c3c(c1)N(c1ccccc1-c1ccccc1)c1cc(-c4ccc5c(-c6ccccc6)c6ccccc6c(-c6ccccc6)c5c4)ccc1B3c1ccc(-c3ccccc3)cc1N2c1ccccc1-c1ccccc1. The van der Waals surface area contributed by atoms with Crippen LogP contribution in [-0.4, -0.2) is 6.71 Å². The Morgan fingerprint density at radius 2 is 0.617 bits per heavy atom. The molecule has 0 saturated carbocycles. The Kier molecular flexibility index (Phi) is 11.6. The first-order chi connectivity index (χ1) is 39.9. The minimum absolute atomic E-state index is 0.0887. The van der Waals surface area contributed by atoms with Crippen LogP contribution in [0.2, 0.25) is 0 Å². The van der Waals surface area contributed by atoms with E-state index in [0.717, 1.165) is 16.9 Å². The van der Waals surface area contributed by atoms with E-state index in [-0.39, 0.29) is 12.1 Å². The maximum atomic E-state index is 2.62. The van der Waals surface area contributed by atoms with Gasteiger partial charge in [-0.3, -0.25) is 0 Å². The van der Waals surface area contributed by atoms with Crippen LogP contribution in [0.1, 0.15) is 26.3 Å². The number of para-hydroxylation sites is 2. The topological polar surface area (TPSA) is 6.48 Å². The van der Waals surface area contributed by atoms with E-state index in [0.29, 0.717) is 0 Å². The van der Waals surface area contributed by atoms with E-state index in [1.807, 2.05) is 0 Å². The predicted molar refractivity (Wildman–Crippen MR) is 347 cm³/mol. The summed E-state index contributed by atoms with van der Waals surface area (Å²) in [5.74, 6) is 0. The molecule has 3 heteroatoms. The van der Waals surface area contributed by atoms with Crippen LogP contribution in [-0.2, 0) is 5.41 Å². The molecule has 0 aliphatic carbocycles. The van der Waals surface area contributed by atoms with E-state index < -0.39 is 0 Å². The van der Waals surface area contributed by atoms with E-state index in [1.165, 1.54) is 127 Å². The van der Waals surface area contributed by atoms with Gasteiger partial charge in [-0.2, -0.15) is 0 Å². The second kappa shape index (κ2) is 19.4. The van der Waals surface area contributed by atoms with Crippen molar-refractivity contribution in [2.24, 2.45) is 0 Å². The lowest BCUT2D eigenvalue weighted by Crippen LogP contribution is -2.61. The first-order valence-corrected chi connectivity index (χ1v) is 28.4. The Balaban J connectivity index is 1.03. The maximum Gasteiger partial charge on any atom is 0.252 e. The van der Waals surface area contributed by atoms with Crippen LogP contribution in [0.4, 0.5) is 34.1 Å². The summed E-state index contributed by atoms with van der Waals surface area (Å²) in [4.78, 5) is 5.22. The summed E-state index contributed by atoms with van der Waals surface area (Å²) in [6.07, 6.45) is 0. The van der Waals surface area contributed by atoms with Crippen LogP contribution in [0.5, 0.6) is 0 Å². The van der Waals surface area contributed by atoms with Crippen LogP contribution < -0.4 is 26.2 Å². The zero-order valence-corrected chi connectivity index (χ0v) is 45.7. The average molecular weight is 1030 g/mol. The van der Waals surface area contributed by atoms with Gasteiger partial charge in [0.25, 0.3) is 6.71 Å². The van der Waals surface area contributed by atoms with Crippen molar-refractivity contribution in [3.63, 3.8) is 0 Å². The average Bonchev–Trinajstić information content (AvgIpc) is 1.82. The third-order valence-corrected chi connectivity index (χ3v) is 17.0. The molecule has 0 saturated heterocycles. The van der Waals surface area contributed by atoms with Crippen molar-refractivity contribution in [2.75, 3.05) is 9.80 Å². The molecule has 0 unspecified atom stereocenters. The molecule has 0 bridgehead atoms. The van der Waals surface area contributed by atoms with Gasteiger partial charge < -0.3 is 9.80 Å². The van der Waals surface area contributed by atoms with Gasteiger partial charge in [-0.15, -0.1) is 0 Å².